The Morgan fingerprint density at radius 1 is 1.27 bits per heavy atom. The number of thiophene rings is 1. The van der Waals surface area contributed by atoms with Crippen LogP contribution in [-0.4, -0.2) is 46.7 Å². The molecule has 142 valence electrons. The van der Waals surface area contributed by atoms with Gasteiger partial charge in [-0.05, 0) is 42.1 Å². The van der Waals surface area contributed by atoms with E-state index in [0.717, 1.165) is 4.88 Å². The molecule has 2 atom stereocenters. The van der Waals surface area contributed by atoms with Gasteiger partial charge in [-0.1, -0.05) is 6.07 Å². The van der Waals surface area contributed by atoms with Crippen molar-refractivity contribution in [1.29, 1.82) is 0 Å². The van der Waals surface area contributed by atoms with Crippen LogP contribution in [0, 0.1) is 6.92 Å². The van der Waals surface area contributed by atoms with Crippen molar-refractivity contribution in [2.24, 2.45) is 0 Å². The molecule has 2 aromatic rings. The maximum absolute atomic E-state index is 13.1. The van der Waals surface area contributed by atoms with Crippen molar-refractivity contribution < 1.29 is 21.6 Å². The summed E-state index contributed by atoms with van der Waals surface area (Å²) in [6, 6.07) is 7.81. The zero-order valence-electron chi connectivity index (χ0n) is 14.5. The summed E-state index contributed by atoms with van der Waals surface area (Å²) in [5, 5.41) is 4.06. The number of aryl methyl sites for hydroxylation is 1. The first-order chi connectivity index (χ1) is 12.2. The van der Waals surface area contributed by atoms with E-state index in [-0.39, 0.29) is 16.4 Å². The Hall–Kier alpha value is -1.42. The van der Waals surface area contributed by atoms with E-state index < -0.39 is 31.0 Å². The third-order valence-electron chi connectivity index (χ3n) is 4.51. The molecular weight excluding hydrogens is 394 g/mol. The molecule has 9 heteroatoms. The summed E-state index contributed by atoms with van der Waals surface area (Å²) in [7, 11) is -5.69. The summed E-state index contributed by atoms with van der Waals surface area (Å²) in [5.74, 6) is 0.0651. The maximum Gasteiger partial charge on any atom is 0.183 e. The van der Waals surface area contributed by atoms with Gasteiger partial charge in [-0.2, -0.15) is 0 Å². The number of benzene rings is 1. The van der Waals surface area contributed by atoms with Crippen LogP contribution in [0.15, 0.2) is 40.6 Å². The molecule has 1 fully saturated rings. The minimum absolute atomic E-state index is 0.126. The van der Waals surface area contributed by atoms with E-state index in [1.807, 2.05) is 17.5 Å². The molecular formula is C17H21NO5S3. The number of methoxy groups -OCH3 is 1. The SMILES string of the molecule is COc1ccc(S(=O)(=O)[C@H]2CS(=O)(=O)C[C@@H]2NCc2cccs2)cc1C. The minimum Gasteiger partial charge on any atom is -0.496 e. The van der Waals surface area contributed by atoms with Gasteiger partial charge in [0.05, 0.1) is 28.8 Å². The van der Waals surface area contributed by atoms with Gasteiger partial charge in [-0.25, -0.2) is 16.8 Å². The summed E-state index contributed by atoms with van der Waals surface area (Å²) in [6.07, 6.45) is 0. The van der Waals surface area contributed by atoms with Gasteiger partial charge < -0.3 is 10.1 Å². The molecule has 0 radical (unpaired) electrons. The van der Waals surface area contributed by atoms with Crippen LogP contribution in [0.5, 0.6) is 5.75 Å². The summed E-state index contributed by atoms with van der Waals surface area (Å²) in [4.78, 5) is 1.16. The molecule has 1 N–H and O–H groups in total. The van der Waals surface area contributed by atoms with Crippen LogP contribution in [0.4, 0.5) is 0 Å². The van der Waals surface area contributed by atoms with Gasteiger partial charge in [0, 0.05) is 17.5 Å². The highest BCUT2D eigenvalue weighted by Crippen LogP contribution is 2.29. The molecule has 1 aliphatic rings. The van der Waals surface area contributed by atoms with Crippen LogP contribution in [-0.2, 0) is 26.2 Å². The molecule has 6 nitrogen and oxygen atoms in total. The van der Waals surface area contributed by atoms with Crippen LogP contribution in [0.3, 0.4) is 0 Å². The lowest BCUT2D eigenvalue weighted by molar-refractivity contribution is 0.411. The van der Waals surface area contributed by atoms with Crippen molar-refractivity contribution in [2.75, 3.05) is 18.6 Å². The minimum atomic E-state index is -3.79. The number of hydrogen-bond acceptors (Lipinski definition) is 7. The fourth-order valence-corrected chi connectivity index (χ4v) is 8.61. The topological polar surface area (TPSA) is 89.5 Å². The van der Waals surface area contributed by atoms with Gasteiger partial charge in [0.1, 0.15) is 5.75 Å². The molecule has 0 aliphatic carbocycles. The maximum atomic E-state index is 13.1. The molecule has 1 saturated heterocycles. The molecule has 0 amide bonds. The van der Waals surface area contributed by atoms with Gasteiger partial charge in [0.25, 0.3) is 0 Å². The smallest absolute Gasteiger partial charge is 0.183 e. The van der Waals surface area contributed by atoms with E-state index in [0.29, 0.717) is 17.9 Å². The van der Waals surface area contributed by atoms with Crippen molar-refractivity contribution >= 4 is 31.0 Å². The molecule has 1 aromatic heterocycles. The summed E-state index contributed by atoms with van der Waals surface area (Å²) in [6.45, 7) is 2.21. The lowest BCUT2D eigenvalue weighted by atomic mass is 10.2. The van der Waals surface area contributed by atoms with Crippen LogP contribution in [0.1, 0.15) is 10.4 Å². The Morgan fingerprint density at radius 2 is 2.04 bits per heavy atom. The van der Waals surface area contributed by atoms with E-state index in [9.17, 15) is 16.8 Å². The summed E-state index contributed by atoms with van der Waals surface area (Å²) < 4.78 is 55.6. The Morgan fingerprint density at radius 3 is 2.65 bits per heavy atom. The van der Waals surface area contributed by atoms with Crippen LogP contribution < -0.4 is 10.1 Å². The Kier molecular flexibility index (Phi) is 5.43. The van der Waals surface area contributed by atoms with Crippen LogP contribution in [0.25, 0.3) is 0 Å². The zero-order valence-corrected chi connectivity index (χ0v) is 17.0. The van der Waals surface area contributed by atoms with Crippen molar-refractivity contribution in [1.82, 2.24) is 5.32 Å². The molecule has 1 aliphatic heterocycles. The second kappa shape index (κ2) is 7.30. The summed E-state index contributed by atoms with van der Waals surface area (Å²) in [5.41, 5.74) is 0.692. The number of hydrogen-bond donors (Lipinski definition) is 1. The lowest BCUT2D eigenvalue weighted by Gasteiger charge is -2.20. The molecule has 26 heavy (non-hydrogen) atoms. The quantitative estimate of drug-likeness (QED) is 0.774. The first-order valence-corrected chi connectivity index (χ1v) is 12.3. The van der Waals surface area contributed by atoms with Crippen molar-refractivity contribution in [3.05, 3.63) is 46.2 Å². The third kappa shape index (κ3) is 3.95. The highest BCUT2D eigenvalue weighted by Gasteiger charge is 2.45. The molecule has 0 spiro atoms. The average molecular weight is 416 g/mol. The van der Waals surface area contributed by atoms with E-state index in [1.165, 1.54) is 19.2 Å². The second-order valence-electron chi connectivity index (χ2n) is 6.36. The van der Waals surface area contributed by atoms with Crippen LogP contribution >= 0.6 is 11.3 Å². The van der Waals surface area contributed by atoms with Gasteiger partial charge >= 0.3 is 0 Å². The first-order valence-electron chi connectivity index (χ1n) is 8.08. The monoisotopic (exact) mass is 415 g/mol. The lowest BCUT2D eigenvalue weighted by Crippen LogP contribution is -2.42. The summed E-state index contributed by atoms with van der Waals surface area (Å²) >= 11 is 1.54. The van der Waals surface area contributed by atoms with Crippen molar-refractivity contribution in [2.45, 2.75) is 29.7 Å². The predicted octanol–water partition coefficient (Wildman–Crippen LogP) is 1.79. The van der Waals surface area contributed by atoms with Crippen molar-refractivity contribution in [3.63, 3.8) is 0 Å². The molecule has 3 rings (SSSR count). The average Bonchev–Trinajstić information content (AvgIpc) is 3.20. The van der Waals surface area contributed by atoms with E-state index >= 15 is 0 Å². The highest BCUT2D eigenvalue weighted by atomic mass is 32.2. The Balaban J connectivity index is 1.89. The normalized spacial score (nSPS) is 22.4. The Labute approximate surface area is 158 Å². The Bertz CT molecular complexity index is 981. The predicted molar refractivity (Wildman–Crippen MR) is 102 cm³/mol. The standard InChI is InChI=1S/C17H21NO5S3/c1-12-8-14(5-6-16(12)23-2)26(21,22)17-11-25(19,20)10-15(17)18-9-13-4-3-7-24-13/h3-8,15,17-18H,9-11H2,1-2H3/t15-,17-/m0/s1. The van der Waals surface area contributed by atoms with E-state index in [1.54, 1.807) is 24.3 Å². The number of sulfone groups is 2. The third-order valence-corrected chi connectivity index (χ3v) is 9.54. The zero-order chi connectivity index (χ0) is 18.9. The fraction of sp³-hybridized carbons (Fsp3) is 0.412. The van der Waals surface area contributed by atoms with Crippen LogP contribution in [0.2, 0.25) is 0 Å². The van der Waals surface area contributed by atoms with Gasteiger partial charge in [-0.15, -0.1) is 11.3 Å². The second-order valence-corrected chi connectivity index (χ2v) is 11.7. The van der Waals surface area contributed by atoms with Gasteiger partial charge in [-0.3, -0.25) is 0 Å². The largest absolute Gasteiger partial charge is 0.496 e. The molecule has 0 bridgehead atoms. The number of nitrogens with one attached hydrogen (secondary N) is 1. The van der Waals surface area contributed by atoms with E-state index in [2.05, 4.69) is 5.32 Å². The number of ether oxygens (including phenoxy) is 1. The van der Waals surface area contributed by atoms with Crippen molar-refractivity contribution in [3.8, 4) is 5.75 Å². The fourth-order valence-electron chi connectivity index (χ4n) is 3.16. The number of rotatable bonds is 6. The van der Waals surface area contributed by atoms with Gasteiger partial charge in [0.2, 0.25) is 0 Å². The molecule has 0 unspecified atom stereocenters. The first kappa shape index (κ1) is 19.3. The molecule has 0 saturated carbocycles. The molecule has 2 heterocycles. The van der Waals surface area contributed by atoms with E-state index in [4.69, 9.17) is 4.74 Å². The molecule has 1 aromatic carbocycles. The highest BCUT2D eigenvalue weighted by molar-refractivity contribution is 7.96. The van der Waals surface area contributed by atoms with Gasteiger partial charge in [0.15, 0.2) is 19.7 Å².